The van der Waals surface area contributed by atoms with Crippen molar-refractivity contribution in [3.05, 3.63) is 69.8 Å². The molecule has 1 amide bonds. The molecular weight excluding hydrogens is 298 g/mol. The van der Waals surface area contributed by atoms with Crippen LogP contribution in [0.2, 0.25) is 0 Å². The molecule has 7 heteroatoms. The number of nitro groups is 1. The molecule has 0 atom stereocenters. The van der Waals surface area contributed by atoms with Crippen LogP contribution in [-0.4, -0.2) is 23.7 Å². The van der Waals surface area contributed by atoms with Crippen molar-refractivity contribution in [3.8, 4) is 5.75 Å². The van der Waals surface area contributed by atoms with E-state index in [1.807, 2.05) is 6.07 Å². The number of benzene rings is 2. The second-order valence-electron chi connectivity index (χ2n) is 4.70. The summed E-state index contributed by atoms with van der Waals surface area (Å²) in [6.07, 6.45) is 1.34. The van der Waals surface area contributed by atoms with Crippen LogP contribution in [0.5, 0.6) is 5.75 Å². The lowest BCUT2D eigenvalue weighted by molar-refractivity contribution is -0.385. The predicted octanol–water partition coefficient (Wildman–Crippen LogP) is 2.43. The molecule has 0 bridgehead atoms. The van der Waals surface area contributed by atoms with Gasteiger partial charge >= 0.3 is 0 Å². The van der Waals surface area contributed by atoms with Gasteiger partial charge in [0.15, 0.2) is 6.61 Å². The Hall–Kier alpha value is -3.22. The van der Waals surface area contributed by atoms with Gasteiger partial charge in [-0.3, -0.25) is 14.9 Å². The lowest BCUT2D eigenvalue weighted by Gasteiger charge is -2.04. The fourth-order valence-electron chi connectivity index (χ4n) is 1.78. The van der Waals surface area contributed by atoms with Crippen LogP contribution in [0.1, 0.15) is 11.1 Å². The maximum Gasteiger partial charge on any atom is 0.277 e. The Kier molecular flexibility index (Phi) is 5.40. The highest BCUT2D eigenvalue weighted by Crippen LogP contribution is 2.18. The largest absolute Gasteiger partial charge is 0.484 e. The summed E-state index contributed by atoms with van der Waals surface area (Å²) in [4.78, 5) is 22.0. The number of nitrogens with one attached hydrogen (secondary N) is 1. The van der Waals surface area contributed by atoms with E-state index in [1.54, 1.807) is 43.3 Å². The second-order valence-corrected chi connectivity index (χ2v) is 4.70. The molecule has 0 aliphatic heterocycles. The van der Waals surface area contributed by atoms with Gasteiger partial charge in [-0.25, -0.2) is 5.43 Å². The number of carbonyl (C=O) groups is 1. The average molecular weight is 313 g/mol. The van der Waals surface area contributed by atoms with Crippen molar-refractivity contribution in [2.24, 2.45) is 5.10 Å². The molecule has 23 heavy (non-hydrogen) atoms. The first-order valence-electron chi connectivity index (χ1n) is 6.81. The van der Waals surface area contributed by atoms with E-state index in [0.717, 1.165) is 0 Å². The molecule has 0 saturated heterocycles. The fourth-order valence-corrected chi connectivity index (χ4v) is 1.78. The SMILES string of the molecule is Cc1ccc(/C=N/NC(=O)COc2ccccc2)cc1[N+](=O)[O-]. The highest BCUT2D eigenvalue weighted by Gasteiger charge is 2.10. The van der Waals surface area contributed by atoms with E-state index < -0.39 is 10.8 Å². The first-order chi connectivity index (χ1) is 11.1. The number of para-hydroxylation sites is 1. The summed E-state index contributed by atoms with van der Waals surface area (Å²) in [5, 5.41) is 14.6. The van der Waals surface area contributed by atoms with E-state index in [2.05, 4.69) is 10.5 Å². The summed E-state index contributed by atoms with van der Waals surface area (Å²) in [5.41, 5.74) is 3.39. The molecule has 0 fully saturated rings. The van der Waals surface area contributed by atoms with Gasteiger partial charge in [0, 0.05) is 17.2 Å². The number of rotatable bonds is 6. The molecule has 0 spiro atoms. The van der Waals surface area contributed by atoms with Gasteiger partial charge in [-0.15, -0.1) is 0 Å². The van der Waals surface area contributed by atoms with E-state index in [9.17, 15) is 14.9 Å². The van der Waals surface area contributed by atoms with Crippen molar-refractivity contribution in [2.45, 2.75) is 6.92 Å². The third kappa shape index (κ3) is 4.92. The Bertz CT molecular complexity index is 729. The molecule has 1 N–H and O–H groups in total. The van der Waals surface area contributed by atoms with Crippen molar-refractivity contribution in [3.63, 3.8) is 0 Å². The zero-order valence-electron chi connectivity index (χ0n) is 12.4. The lowest BCUT2D eigenvalue weighted by Crippen LogP contribution is -2.24. The molecule has 0 unspecified atom stereocenters. The Labute approximate surface area is 132 Å². The molecule has 0 aliphatic carbocycles. The summed E-state index contributed by atoms with van der Waals surface area (Å²) < 4.78 is 5.26. The molecule has 0 heterocycles. The lowest BCUT2D eigenvalue weighted by atomic mass is 10.1. The van der Waals surface area contributed by atoms with Crippen LogP contribution in [0.25, 0.3) is 0 Å². The molecule has 118 valence electrons. The zero-order valence-corrected chi connectivity index (χ0v) is 12.4. The first kappa shape index (κ1) is 16.2. The summed E-state index contributed by atoms with van der Waals surface area (Å²) in [6.45, 7) is 1.48. The van der Waals surface area contributed by atoms with Crippen molar-refractivity contribution in [1.29, 1.82) is 0 Å². The number of aryl methyl sites for hydroxylation is 1. The number of nitrogens with zero attached hydrogens (tertiary/aromatic N) is 2. The normalized spacial score (nSPS) is 10.5. The third-order valence-electron chi connectivity index (χ3n) is 2.95. The quantitative estimate of drug-likeness (QED) is 0.503. The number of nitro benzene ring substituents is 1. The number of hydrazone groups is 1. The predicted molar refractivity (Wildman–Crippen MR) is 85.5 cm³/mol. The molecule has 0 radical (unpaired) electrons. The topological polar surface area (TPSA) is 93.8 Å². The fraction of sp³-hybridized carbons (Fsp3) is 0.125. The van der Waals surface area contributed by atoms with Crippen LogP contribution in [0.4, 0.5) is 5.69 Å². The van der Waals surface area contributed by atoms with Crippen molar-refractivity contribution in [1.82, 2.24) is 5.43 Å². The summed E-state index contributed by atoms with van der Waals surface area (Å²) in [5.74, 6) is 0.160. The van der Waals surface area contributed by atoms with Crippen LogP contribution in [0.3, 0.4) is 0 Å². The molecular formula is C16H15N3O4. The van der Waals surface area contributed by atoms with Gasteiger partial charge < -0.3 is 4.74 Å². The molecule has 0 aromatic heterocycles. The van der Waals surface area contributed by atoms with Gasteiger partial charge in [0.1, 0.15) is 5.75 Å². The van der Waals surface area contributed by atoms with Crippen LogP contribution in [0.15, 0.2) is 53.6 Å². The number of hydrogen-bond donors (Lipinski definition) is 1. The highest BCUT2D eigenvalue weighted by molar-refractivity contribution is 5.83. The number of ether oxygens (including phenoxy) is 1. The maximum atomic E-state index is 11.6. The zero-order chi connectivity index (χ0) is 16.7. The third-order valence-corrected chi connectivity index (χ3v) is 2.95. The van der Waals surface area contributed by atoms with Gasteiger partial charge in [0.2, 0.25) is 0 Å². The van der Waals surface area contributed by atoms with E-state index >= 15 is 0 Å². The Morgan fingerprint density at radius 1 is 1.30 bits per heavy atom. The van der Waals surface area contributed by atoms with Crippen LogP contribution >= 0.6 is 0 Å². The van der Waals surface area contributed by atoms with Crippen LogP contribution in [-0.2, 0) is 4.79 Å². The number of hydrogen-bond acceptors (Lipinski definition) is 5. The van der Waals surface area contributed by atoms with Crippen LogP contribution in [0, 0.1) is 17.0 Å². The Morgan fingerprint density at radius 2 is 2.04 bits per heavy atom. The minimum atomic E-state index is -0.459. The molecule has 0 aliphatic rings. The smallest absolute Gasteiger partial charge is 0.277 e. The Balaban J connectivity index is 1.87. The molecule has 2 aromatic carbocycles. The number of carbonyl (C=O) groups excluding carboxylic acids is 1. The average Bonchev–Trinajstić information content (AvgIpc) is 2.55. The first-order valence-corrected chi connectivity index (χ1v) is 6.81. The van der Waals surface area contributed by atoms with E-state index in [0.29, 0.717) is 16.9 Å². The molecule has 2 aromatic rings. The minimum Gasteiger partial charge on any atom is -0.484 e. The summed E-state index contributed by atoms with van der Waals surface area (Å²) >= 11 is 0. The number of amides is 1. The monoisotopic (exact) mass is 313 g/mol. The van der Waals surface area contributed by atoms with Crippen molar-refractivity contribution >= 4 is 17.8 Å². The van der Waals surface area contributed by atoms with Gasteiger partial charge in [0.05, 0.1) is 11.1 Å². The Morgan fingerprint density at radius 3 is 2.74 bits per heavy atom. The van der Waals surface area contributed by atoms with E-state index in [4.69, 9.17) is 4.74 Å². The molecule has 2 rings (SSSR count). The van der Waals surface area contributed by atoms with Gasteiger partial charge in [-0.2, -0.15) is 5.10 Å². The summed E-state index contributed by atoms with van der Waals surface area (Å²) in [6, 6.07) is 13.6. The van der Waals surface area contributed by atoms with Crippen LogP contribution < -0.4 is 10.2 Å². The van der Waals surface area contributed by atoms with E-state index in [-0.39, 0.29) is 12.3 Å². The van der Waals surface area contributed by atoms with Gasteiger partial charge in [-0.05, 0) is 19.1 Å². The highest BCUT2D eigenvalue weighted by atomic mass is 16.6. The molecule has 7 nitrogen and oxygen atoms in total. The summed E-state index contributed by atoms with van der Waals surface area (Å²) in [7, 11) is 0. The van der Waals surface area contributed by atoms with Crippen molar-refractivity contribution in [2.75, 3.05) is 6.61 Å². The molecule has 0 saturated carbocycles. The second kappa shape index (κ2) is 7.69. The van der Waals surface area contributed by atoms with Gasteiger partial charge in [-0.1, -0.05) is 30.3 Å². The standard InChI is InChI=1S/C16H15N3O4/c1-12-7-8-13(9-15(12)19(21)22)10-17-18-16(20)11-23-14-5-3-2-4-6-14/h2-10H,11H2,1H3,(H,18,20)/b17-10+. The van der Waals surface area contributed by atoms with E-state index in [1.165, 1.54) is 12.3 Å². The van der Waals surface area contributed by atoms with Crippen molar-refractivity contribution < 1.29 is 14.5 Å². The maximum absolute atomic E-state index is 11.6. The minimum absolute atomic E-state index is 0.00712. The van der Waals surface area contributed by atoms with Gasteiger partial charge in [0.25, 0.3) is 11.6 Å².